The first-order chi connectivity index (χ1) is 12.8. The Hall–Kier alpha value is -1.76. The van der Waals surface area contributed by atoms with Gasteiger partial charge in [0.25, 0.3) is 5.91 Å². The number of carbonyl (C=O) groups is 2. The number of aliphatic hydroxyl groups excluding tert-OH is 1. The van der Waals surface area contributed by atoms with Crippen LogP contribution in [-0.2, 0) is 4.74 Å². The summed E-state index contributed by atoms with van der Waals surface area (Å²) in [5, 5.41) is 10.4. The molecule has 1 saturated carbocycles. The van der Waals surface area contributed by atoms with Gasteiger partial charge in [-0.2, -0.15) is 0 Å². The van der Waals surface area contributed by atoms with Crippen LogP contribution in [0.2, 0.25) is 0 Å². The lowest BCUT2D eigenvalue weighted by atomic mass is 9.58. The highest BCUT2D eigenvalue weighted by molar-refractivity contribution is 6.07. The number of carbonyl (C=O) groups excluding carboxylic acids is 2. The van der Waals surface area contributed by atoms with Crippen molar-refractivity contribution in [2.75, 3.05) is 40.3 Å². The zero-order chi connectivity index (χ0) is 19.6. The third-order valence-electron chi connectivity index (χ3n) is 6.12. The number of ketones is 1. The summed E-state index contributed by atoms with van der Waals surface area (Å²) in [6.07, 6.45) is 1.84. The number of hydrogen-bond acceptors (Lipinski definition) is 5. The Morgan fingerprint density at radius 1 is 1.22 bits per heavy atom. The van der Waals surface area contributed by atoms with Crippen LogP contribution in [0.15, 0.2) is 24.3 Å². The first-order valence-corrected chi connectivity index (χ1v) is 9.69. The van der Waals surface area contributed by atoms with Crippen LogP contribution in [0, 0.1) is 5.41 Å². The van der Waals surface area contributed by atoms with Gasteiger partial charge in [0.2, 0.25) is 0 Å². The molecule has 0 aromatic heterocycles. The SMILES string of the molecule is CC(=O)c1ccccc1C(=O)N1CCC2(CC1)[C@H](O)C[C@@H]2OCCN(C)C. The summed E-state index contributed by atoms with van der Waals surface area (Å²) >= 11 is 0. The monoisotopic (exact) mass is 374 g/mol. The molecule has 1 heterocycles. The minimum atomic E-state index is -0.358. The fourth-order valence-corrected chi connectivity index (χ4v) is 4.27. The van der Waals surface area contributed by atoms with E-state index in [1.807, 2.05) is 14.1 Å². The lowest BCUT2D eigenvalue weighted by molar-refractivity contribution is -0.209. The molecule has 1 saturated heterocycles. The molecular formula is C21H30N2O4. The number of aliphatic hydroxyl groups is 1. The van der Waals surface area contributed by atoms with Crippen molar-refractivity contribution in [3.05, 3.63) is 35.4 Å². The molecule has 148 valence electrons. The summed E-state index contributed by atoms with van der Waals surface area (Å²) in [7, 11) is 4.02. The van der Waals surface area contributed by atoms with Gasteiger partial charge in [-0.15, -0.1) is 0 Å². The number of Topliss-reactive ketones (excluding diaryl/α,β-unsaturated/α-hetero) is 1. The normalized spacial score (nSPS) is 24.1. The topological polar surface area (TPSA) is 70.1 Å². The zero-order valence-electron chi connectivity index (χ0n) is 16.5. The second kappa shape index (κ2) is 8.09. The third-order valence-corrected chi connectivity index (χ3v) is 6.12. The van der Waals surface area contributed by atoms with E-state index in [4.69, 9.17) is 4.74 Å². The van der Waals surface area contributed by atoms with Gasteiger partial charge in [0.1, 0.15) is 0 Å². The smallest absolute Gasteiger partial charge is 0.254 e. The molecular weight excluding hydrogens is 344 g/mol. The minimum absolute atomic E-state index is 0.0641. The Morgan fingerprint density at radius 3 is 2.41 bits per heavy atom. The minimum Gasteiger partial charge on any atom is -0.392 e. The predicted octanol–water partition coefficient (Wildman–Crippen LogP) is 1.82. The largest absolute Gasteiger partial charge is 0.392 e. The number of amides is 1. The number of ether oxygens (including phenoxy) is 1. The van der Waals surface area contributed by atoms with E-state index in [0.717, 1.165) is 19.4 Å². The molecule has 0 unspecified atom stereocenters. The lowest BCUT2D eigenvalue weighted by Gasteiger charge is -2.56. The molecule has 27 heavy (non-hydrogen) atoms. The Kier molecular flexibility index (Phi) is 5.99. The van der Waals surface area contributed by atoms with Crippen LogP contribution >= 0.6 is 0 Å². The van der Waals surface area contributed by atoms with E-state index >= 15 is 0 Å². The predicted molar refractivity (Wildman–Crippen MR) is 103 cm³/mol. The molecule has 1 aromatic rings. The summed E-state index contributed by atoms with van der Waals surface area (Å²) < 4.78 is 6.03. The second-order valence-electron chi connectivity index (χ2n) is 8.04. The van der Waals surface area contributed by atoms with Gasteiger partial charge < -0.3 is 19.6 Å². The van der Waals surface area contributed by atoms with Crippen molar-refractivity contribution in [1.82, 2.24) is 9.80 Å². The fourth-order valence-electron chi connectivity index (χ4n) is 4.27. The van der Waals surface area contributed by atoms with Crippen LogP contribution in [0.25, 0.3) is 0 Å². The summed E-state index contributed by atoms with van der Waals surface area (Å²) in [5.74, 6) is -0.203. The Bertz CT molecular complexity index is 695. The number of nitrogens with zero attached hydrogens (tertiary/aromatic N) is 2. The Morgan fingerprint density at radius 2 is 1.85 bits per heavy atom. The summed E-state index contributed by atoms with van der Waals surface area (Å²) in [6.45, 7) is 4.15. The maximum atomic E-state index is 12.9. The molecule has 0 bridgehead atoms. The van der Waals surface area contributed by atoms with Gasteiger partial charge in [0, 0.05) is 37.0 Å². The van der Waals surface area contributed by atoms with Crippen LogP contribution in [-0.4, -0.2) is 79.1 Å². The highest BCUT2D eigenvalue weighted by Gasteiger charge is 2.56. The molecule has 3 rings (SSSR count). The molecule has 0 radical (unpaired) electrons. The molecule has 1 N–H and O–H groups in total. The molecule has 2 atom stereocenters. The highest BCUT2D eigenvalue weighted by Crippen LogP contribution is 2.51. The van der Waals surface area contributed by atoms with Gasteiger partial charge in [-0.25, -0.2) is 0 Å². The second-order valence-corrected chi connectivity index (χ2v) is 8.04. The lowest BCUT2D eigenvalue weighted by Crippen LogP contribution is -2.63. The van der Waals surface area contributed by atoms with E-state index < -0.39 is 0 Å². The zero-order valence-corrected chi connectivity index (χ0v) is 16.5. The standard InChI is InChI=1S/C21H30N2O4/c1-15(24)16-6-4-5-7-17(16)20(26)23-10-8-21(9-11-23)18(25)14-19(21)27-13-12-22(2)3/h4-7,18-19,25H,8-14H2,1-3H3/t18-,19+/m1/s1. The number of rotatable bonds is 6. The summed E-state index contributed by atoms with van der Waals surface area (Å²) in [6, 6.07) is 6.98. The van der Waals surface area contributed by atoms with Gasteiger partial charge in [-0.05, 0) is 39.9 Å². The average Bonchev–Trinajstić information content (AvgIpc) is 2.66. The molecule has 6 heteroatoms. The van der Waals surface area contributed by atoms with Gasteiger partial charge in [-0.1, -0.05) is 18.2 Å². The molecule has 1 aromatic carbocycles. The van der Waals surface area contributed by atoms with Crippen molar-refractivity contribution in [1.29, 1.82) is 0 Å². The molecule has 6 nitrogen and oxygen atoms in total. The van der Waals surface area contributed by atoms with Crippen molar-refractivity contribution in [3.63, 3.8) is 0 Å². The number of piperidine rings is 1. The van der Waals surface area contributed by atoms with Crippen molar-refractivity contribution in [2.24, 2.45) is 5.41 Å². The van der Waals surface area contributed by atoms with E-state index in [9.17, 15) is 14.7 Å². The molecule has 1 spiro atoms. The maximum absolute atomic E-state index is 12.9. The van der Waals surface area contributed by atoms with Crippen LogP contribution < -0.4 is 0 Å². The van der Waals surface area contributed by atoms with Gasteiger partial charge >= 0.3 is 0 Å². The maximum Gasteiger partial charge on any atom is 0.254 e. The number of benzene rings is 1. The van der Waals surface area contributed by atoms with E-state index in [1.165, 1.54) is 6.92 Å². The van der Waals surface area contributed by atoms with Gasteiger partial charge in [0.15, 0.2) is 5.78 Å². The van der Waals surface area contributed by atoms with Crippen molar-refractivity contribution in [3.8, 4) is 0 Å². The first-order valence-electron chi connectivity index (χ1n) is 9.69. The number of likely N-dealkylation sites (tertiary alicyclic amines) is 1. The molecule has 1 amide bonds. The van der Waals surface area contributed by atoms with Crippen LogP contribution in [0.1, 0.15) is 46.9 Å². The van der Waals surface area contributed by atoms with Crippen molar-refractivity contribution >= 4 is 11.7 Å². The third kappa shape index (κ3) is 3.93. The van der Waals surface area contributed by atoms with Crippen molar-refractivity contribution < 1.29 is 19.4 Å². The van der Waals surface area contributed by atoms with E-state index in [2.05, 4.69) is 4.90 Å². The Labute approximate surface area is 161 Å². The average molecular weight is 374 g/mol. The van der Waals surface area contributed by atoms with Crippen LogP contribution in [0.3, 0.4) is 0 Å². The first kappa shape index (κ1) is 20.0. The number of likely N-dealkylation sites (N-methyl/N-ethyl adjacent to an activating group) is 1. The quantitative estimate of drug-likeness (QED) is 0.769. The van der Waals surface area contributed by atoms with E-state index in [1.54, 1.807) is 29.2 Å². The summed E-state index contributed by atoms with van der Waals surface area (Å²) in [5.41, 5.74) is 0.702. The van der Waals surface area contributed by atoms with Gasteiger partial charge in [0.05, 0.1) is 24.4 Å². The molecule has 2 fully saturated rings. The number of hydrogen-bond donors (Lipinski definition) is 1. The molecule has 2 aliphatic rings. The van der Waals surface area contributed by atoms with Crippen LogP contribution in [0.5, 0.6) is 0 Å². The Balaban J connectivity index is 1.63. The van der Waals surface area contributed by atoms with Crippen molar-refractivity contribution in [2.45, 2.75) is 38.4 Å². The van der Waals surface area contributed by atoms with E-state index in [0.29, 0.717) is 37.2 Å². The van der Waals surface area contributed by atoms with Crippen LogP contribution in [0.4, 0.5) is 0 Å². The highest BCUT2D eigenvalue weighted by atomic mass is 16.5. The van der Waals surface area contributed by atoms with E-state index in [-0.39, 0.29) is 29.3 Å². The molecule has 1 aliphatic carbocycles. The summed E-state index contributed by atoms with van der Waals surface area (Å²) in [4.78, 5) is 28.6. The fraction of sp³-hybridized carbons (Fsp3) is 0.619. The van der Waals surface area contributed by atoms with Gasteiger partial charge in [-0.3, -0.25) is 9.59 Å². The molecule has 1 aliphatic heterocycles.